The maximum Gasteiger partial charge on any atom is 0.327 e. The van der Waals surface area contributed by atoms with E-state index >= 15 is 0 Å². The average Bonchev–Trinajstić information content (AvgIpc) is 2.70. The lowest BCUT2D eigenvalue weighted by atomic mass is 10.2. The van der Waals surface area contributed by atoms with Gasteiger partial charge in [0.2, 0.25) is 0 Å². The number of hydrogen-bond acceptors (Lipinski definition) is 5. The Morgan fingerprint density at radius 2 is 2.35 bits per heavy atom. The number of carboxylic acids is 1. The summed E-state index contributed by atoms with van der Waals surface area (Å²) in [6, 6.07) is -0.800. The minimum atomic E-state index is -0.979. The van der Waals surface area contributed by atoms with E-state index in [4.69, 9.17) is 10.8 Å². The summed E-state index contributed by atoms with van der Waals surface area (Å²) < 4.78 is 1.45. The Labute approximate surface area is 96.6 Å². The summed E-state index contributed by atoms with van der Waals surface area (Å²) in [5.41, 5.74) is 6.52. The van der Waals surface area contributed by atoms with E-state index in [1.54, 1.807) is 0 Å². The zero-order valence-corrected chi connectivity index (χ0v) is 8.95. The summed E-state index contributed by atoms with van der Waals surface area (Å²) in [6.07, 6.45) is 4.50. The van der Waals surface area contributed by atoms with Gasteiger partial charge in [-0.05, 0) is 6.42 Å². The number of aromatic nitrogens is 4. The minimum Gasteiger partial charge on any atom is -0.480 e. The quantitative estimate of drug-likeness (QED) is 0.749. The van der Waals surface area contributed by atoms with Crippen LogP contribution in [0.2, 0.25) is 0 Å². The molecule has 1 unspecified atom stereocenters. The molecule has 0 radical (unpaired) electrons. The Morgan fingerprint density at radius 1 is 1.59 bits per heavy atom. The fraction of sp³-hybridized carbons (Fsp3) is 0.200. The van der Waals surface area contributed by atoms with Crippen molar-refractivity contribution < 1.29 is 9.90 Å². The van der Waals surface area contributed by atoms with E-state index in [9.17, 15) is 4.79 Å². The minimum absolute atomic E-state index is 0.211. The second-order valence-electron chi connectivity index (χ2n) is 3.46. The molecule has 1 atom stereocenters. The van der Waals surface area contributed by atoms with Crippen LogP contribution >= 0.6 is 0 Å². The van der Waals surface area contributed by atoms with Gasteiger partial charge < -0.3 is 15.4 Å². The molecular formula is C10H11N5O2. The van der Waals surface area contributed by atoms with Gasteiger partial charge in [-0.25, -0.2) is 19.7 Å². The van der Waals surface area contributed by atoms with Gasteiger partial charge in [-0.3, -0.25) is 0 Å². The van der Waals surface area contributed by atoms with Crippen LogP contribution in [0.3, 0.4) is 0 Å². The van der Waals surface area contributed by atoms with Crippen molar-refractivity contribution in [2.45, 2.75) is 12.5 Å². The molecule has 7 heteroatoms. The molecule has 0 fully saturated rings. The molecule has 0 aliphatic rings. The van der Waals surface area contributed by atoms with Crippen LogP contribution in [0.15, 0.2) is 25.3 Å². The molecule has 2 rings (SSSR count). The fourth-order valence-electron chi connectivity index (χ4n) is 1.63. The molecule has 17 heavy (non-hydrogen) atoms. The standard InChI is InChI=1S/C10H11N5O2/c1-2-3-6(10(16)17)15-5-14-9-7(15)8(11)12-4-13-9/h2,4-6H,1,3H2,(H,16,17)(H2,11,12,13). The van der Waals surface area contributed by atoms with Crippen LogP contribution in [0.5, 0.6) is 0 Å². The Bertz CT molecular complexity index is 577. The molecular weight excluding hydrogens is 222 g/mol. The second-order valence-corrected chi connectivity index (χ2v) is 3.46. The highest BCUT2D eigenvalue weighted by Crippen LogP contribution is 2.22. The number of nitrogens with zero attached hydrogens (tertiary/aromatic N) is 4. The zero-order valence-electron chi connectivity index (χ0n) is 8.95. The highest BCUT2D eigenvalue weighted by atomic mass is 16.4. The van der Waals surface area contributed by atoms with Crippen LogP contribution in [-0.4, -0.2) is 30.6 Å². The van der Waals surface area contributed by atoms with E-state index in [0.717, 1.165) is 0 Å². The Morgan fingerprint density at radius 3 is 3.00 bits per heavy atom. The lowest BCUT2D eigenvalue weighted by Gasteiger charge is -2.12. The third-order valence-corrected chi connectivity index (χ3v) is 2.40. The average molecular weight is 233 g/mol. The molecule has 0 aliphatic heterocycles. The molecule has 88 valence electrons. The van der Waals surface area contributed by atoms with Crippen molar-refractivity contribution in [3.05, 3.63) is 25.3 Å². The molecule has 2 aromatic rings. The third-order valence-electron chi connectivity index (χ3n) is 2.40. The van der Waals surface area contributed by atoms with Gasteiger partial charge in [0.05, 0.1) is 6.33 Å². The topological polar surface area (TPSA) is 107 Å². The maximum atomic E-state index is 11.2. The molecule has 0 bridgehead atoms. The number of allylic oxidation sites excluding steroid dienone is 1. The first kappa shape index (κ1) is 11.1. The number of hydrogen-bond donors (Lipinski definition) is 2. The molecule has 0 saturated heterocycles. The lowest BCUT2D eigenvalue weighted by Crippen LogP contribution is -2.18. The molecule has 3 N–H and O–H groups in total. The van der Waals surface area contributed by atoms with Gasteiger partial charge in [0.1, 0.15) is 17.9 Å². The first-order valence-corrected chi connectivity index (χ1v) is 4.92. The first-order valence-electron chi connectivity index (χ1n) is 4.92. The predicted molar refractivity (Wildman–Crippen MR) is 61.2 cm³/mol. The van der Waals surface area contributed by atoms with E-state index < -0.39 is 12.0 Å². The fourth-order valence-corrected chi connectivity index (χ4v) is 1.63. The molecule has 0 aliphatic carbocycles. The number of aliphatic carboxylic acids is 1. The van der Waals surface area contributed by atoms with Gasteiger partial charge in [-0.1, -0.05) is 6.08 Å². The third kappa shape index (κ3) is 1.82. The van der Waals surface area contributed by atoms with Crippen molar-refractivity contribution in [1.29, 1.82) is 0 Å². The Hall–Kier alpha value is -2.44. The van der Waals surface area contributed by atoms with Crippen molar-refractivity contribution in [1.82, 2.24) is 19.5 Å². The summed E-state index contributed by atoms with van der Waals surface area (Å²) in [6.45, 7) is 3.54. The van der Waals surface area contributed by atoms with Crippen LogP contribution in [-0.2, 0) is 4.79 Å². The summed E-state index contributed by atoms with van der Waals surface area (Å²) in [5, 5.41) is 9.15. The lowest BCUT2D eigenvalue weighted by molar-refractivity contribution is -0.140. The van der Waals surface area contributed by atoms with Gasteiger partial charge in [0.25, 0.3) is 0 Å². The molecule has 0 saturated carbocycles. The van der Waals surface area contributed by atoms with Crippen molar-refractivity contribution in [2.75, 3.05) is 5.73 Å². The number of rotatable bonds is 4. The molecule has 2 aromatic heterocycles. The number of nitrogens with two attached hydrogens (primary N) is 1. The van der Waals surface area contributed by atoms with Crippen molar-refractivity contribution >= 4 is 23.0 Å². The van der Waals surface area contributed by atoms with Crippen LogP contribution in [0.4, 0.5) is 5.82 Å². The largest absolute Gasteiger partial charge is 0.480 e. The smallest absolute Gasteiger partial charge is 0.327 e. The van der Waals surface area contributed by atoms with E-state index in [-0.39, 0.29) is 12.2 Å². The predicted octanol–water partition coefficient (Wildman–Crippen LogP) is 0.610. The summed E-state index contributed by atoms with van der Waals surface area (Å²) in [4.78, 5) is 22.9. The summed E-state index contributed by atoms with van der Waals surface area (Å²) in [5.74, 6) is -0.768. The van der Waals surface area contributed by atoms with E-state index in [2.05, 4.69) is 21.5 Å². The Kier molecular flexibility index (Phi) is 2.73. The van der Waals surface area contributed by atoms with Gasteiger partial charge in [-0.2, -0.15) is 0 Å². The number of fused-ring (bicyclic) bond motifs is 1. The summed E-state index contributed by atoms with van der Waals surface area (Å²) in [7, 11) is 0. The number of anilines is 1. The Balaban J connectivity index is 2.61. The van der Waals surface area contributed by atoms with E-state index in [1.807, 2.05) is 0 Å². The SMILES string of the molecule is C=CCC(C(=O)O)n1cnc2ncnc(N)c21. The first-order chi connectivity index (χ1) is 8.15. The summed E-state index contributed by atoms with van der Waals surface area (Å²) >= 11 is 0. The molecule has 0 amide bonds. The zero-order chi connectivity index (χ0) is 12.4. The van der Waals surface area contributed by atoms with Gasteiger partial charge in [-0.15, -0.1) is 6.58 Å². The highest BCUT2D eigenvalue weighted by Gasteiger charge is 2.21. The molecule has 7 nitrogen and oxygen atoms in total. The van der Waals surface area contributed by atoms with Gasteiger partial charge in [0.15, 0.2) is 11.5 Å². The van der Waals surface area contributed by atoms with Gasteiger partial charge >= 0.3 is 5.97 Å². The molecule has 2 heterocycles. The van der Waals surface area contributed by atoms with Crippen molar-refractivity contribution in [3.63, 3.8) is 0 Å². The number of carbonyl (C=O) groups is 1. The number of carboxylic acid groups (broad SMARTS) is 1. The number of nitrogen functional groups attached to an aromatic ring is 1. The van der Waals surface area contributed by atoms with E-state index in [1.165, 1.54) is 23.3 Å². The maximum absolute atomic E-state index is 11.2. The van der Waals surface area contributed by atoms with Crippen LogP contribution in [0.25, 0.3) is 11.2 Å². The van der Waals surface area contributed by atoms with Crippen molar-refractivity contribution in [2.24, 2.45) is 0 Å². The molecule has 0 spiro atoms. The molecule has 0 aromatic carbocycles. The highest BCUT2D eigenvalue weighted by molar-refractivity contribution is 5.84. The van der Waals surface area contributed by atoms with Crippen molar-refractivity contribution in [3.8, 4) is 0 Å². The second kappa shape index (κ2) is 4.20. The van der Waals surface area contributed by atoms with Crippen LogP contribution in [0, 0.1) is 0 Å². The normalized spacial score (nSPS) is 12.5. The number of imidazole rings is 1. The van der Waals surface area contributed by atoms with E-state index in [0.29, 0.717) is 11.2 Å². The van der Waals surface area contributed by atoms with Gasteiger partial charge in [0, 0.05) is 0 Å². The van der Waals surface area contributed by atoms with Crippen LogP contribution in [0.1, 0.15) is 12.5 Å². The van der Waals surface area contributed by atoms with Crippen LogP contribution < -0.4 is 5.73 Å². The monoisotopic (exact) mass is 233 g/mol.